The number of aliphatic imine (C=N–C) groups is 1. The Morgan fingerprint density at radius 3 is 2.38 bits per heavy atom. The highest BCUT2D eigenvalue weighted by Gasteiger charge is 2.17. The Bertz CT molecular complexity index is 807. The topological polar surface area (TPSA) is 61.9 Å². The molecule has 3 N–H and O–H groups in total. The molecule has 156 valence electrons. The monoisotopic (exact) mass is 393 g/mol. The Morgan fingerprint density at radius 2 is 1.72 bits per heavy atom. The number of amidine groups is 1. The zero-order valence-corrected chi connectivity index (χ0v) is 18.0. The maximum absolute atomic E-state index is 10.6. The predicted molar refractivity (Wildman–Crippen MR) is 121 cm³/mol. The fourth-order valence-corrected chi connectivity index (χ4v) is 3.96. The summed E-state index contributed by atoms with van der Waals surface area (Å²) in [6.07, 6.45) is 2.77. The molecule has 1 heterocycles. The van der Waals surface area contributed by atoms with Gasteiger partial charge in [0, 0.05) is 18.0 Å². The van der Waals surface area contributed by atoms with Gasteiger partial charge in [-0.25, -0.2) is 4.99 Å². The molecule has 0 spiro atoms. The van der Waals surface area contributed by atoms with E-state index < -0.39 is 6.23 Å². The molecule has 1 aliphatic heterocycles. The molecule has 4 nitrogen and oxygen atoms in total. The third-order valence-electron chi connectivity index (χ3n) is 5.70. The molecule has 0 amide bonds. The first-order valence-electron chi connectivity index (χ1n) is 10.8. The van der Waals surface area contributed by atoms with E-state index in [0.717, 1.165) is 24.1 Å². The summed E-state index contributed by atoms with van der Waals surface area (Å²) in [5, 5.41) is 10.6. The van der Waals surface area contributed by atoms with Crippen molar-refractivity contribution in [2.45, 2.75) is 58.7 Å². The zero-order chi connectivity index (χ0) is 20.8. The largest absolute Gasteiger partial charge is 0.383 e. The number of aliphatic hydroxyl groups is 1. The molecule has 0 bridgehead atoms. The molecule has 3 rings (SSSR count). The van der Waals surface area contributed by atoms with Gasteiger partial charge in [0.15, 0.2) is 6.23 Å². The second-order valence-corrected chi connectivity index (χ2v) is 8.74. The molecular formula is C25H35N3O. The van der Waals surface area contributed by atoms with Crippen molar-refractivity contribution < 1.29 is 5.11 Å². The van der Waals surface area contributed by atoms with Gasteiger partial charge in [-0.15, -0.1) is 0 Å². The van der Waals surface area contributed by atoms with Gasteiger partial charge in [0.2, 0.25) is 0 Å². The molecule has 1 fully saturated rings. The molecule has 2 atom stereocenters. The van der Waals surface area contributed by atoms with Crippen molar-refractivity contribution in [1.82, 2.24) is 4.90 Å². The van der Waals surface area contributed by atoms with Gasteiger partial charge in [-0.3, -0.25) is 4.90 Å². The van der Waals surface area contributed by atoms with Gasteiger partial charge in [0.25, 0.3) is 0 Å². The Morgan fingerprint density at radius 1 is 1.03 bits per heavy atom. The SMILES string of the molecule is CC(C)Cc1ccc(C(C)C(O)/N=C(\N)c2cccc(CN3CCCC3)c2)cc1. The highest BCUT2D eigenvalue weighted by Crippen LogP contribution is 2.22. The van der Waals surface area contributed by atoms with Gasteiger partial charge in [0.1, 0.15) is 5.84 Å². The summed E-state index contributed by atoms with van der Waals surface area (Å²) >= 11 is 0. The minimum absolute atomic E-state index is 0.116. The smallest absolute Gasteiger partial charge is 0.154 e. The van der Waals surface area contributed by atoms with Gasteiger partial charge in [-0.1, -0.05) is 63.2 Å². The van der Waals surface area contributed by atoms with E-state index in [1.165, 1.54) is 37.1 Å². The van der Waals surface area contributed by atoms with Crippen molar-refractivity contribution in [3.05, 3.63) is 70.8 Å². The second-order valence-electron chi connectivity index (χ2n) is 8.74. The molecule has 29 heavy (non-hydrogen) atoms. The van der Waals surface area contributed by atoms with Crippen LogP contribution in [0.3, 0.4) is 0 Å². The summed E-state index contributed by atoms with van der Waals surface area (Å²) in [6.45, 7) is 9.71. The van der Waals surface area contributed by atoms with Crippen LogP contribution in [-0.4, -0.2) is 35.2 Å². The number of nitrogens with zero attached hydrogens (tertiary/aromatic N) is 2. The normalized spacial score (nSPS) is 17.6. The van der Waals surface area contributed by atoms with Crippen LogP contribution in [0.5, 0.6) is 0 Å². The number of rotatable bonds is 8. The summed E-state index contributed by atoms with van der Waals surface area (Å²) < 4.78 is 0. The highest BCUT2D eigenvalue weighted by atomic mass is 16.3. The molecule has 0 aromatic heterocycles. The molecule has 1 aliphatic rings. The van der Waals surface area contributed by atoms with Crippen molar-refractivity contribution in [2.75, 3.05) is 13.1 Å². The Kier molecular flexibility index (Phi) is 7.45. The lowest BCUT2D eigenvalue weighted by Crippen LogP contribution is -2.22. The minimum atomic E-state index is -0.867. The van der Waals surface area contributed by atoms with Crippen LogP contribution in [0.25, 0.3) is 0 Å². The minimum Gasteiger partial charge on any atom is -0.383 e. The first kappa shape index (κ1) is 21.5. The molecule has 2 unspecified atom stereocenters. The molecule has 0 saturated carbocycles. The number of hydrogen-bond acceptors (Lipinski definition) is 3. The van der Waals surface area contributed by atoms with E-state index >= 15 is 0 Å². The second kappa shape index (κ2) is 10.0. The Balaban J connectivity index is 1.66. The number of nitrogens with two attached hydrogens (primary N) is 1. The Hall–Kier alpha value is -2.17. The van der Waals surface area contributed by atoms with Crippen LogP contribution in [0, 0.1) is 5.92 Å². The first-order chi connectivity index (χ1) is 13.9. The van der Waals surface area contributed by atoms with Crippen LogP contribution in [0.15, 0.2) is 53.5 Å². The van der Waals surface area contributed by atoms with Crippen molar-refractivity contribution in [2.24, 2.45) is 16.6 Å². The molecule has 4 heteroatoms. The van der Waals surface area contributed by atoms with Crippen LogP contribution in [0.1, 0.15) is 61.8 Å². The lowest BCUT2D eigenvalue weighted by molar-refractivity contribution is 0.159. The number of hydrogen-bond donors (Lipinski definition) is 2. The van der Waals surface area contributed by atoms with E-state index in [0.29, 0.717) is 11.8 Å². The summed E-state index contributed by atoms with van der Waals surface area (Å²) in [4.78, 5) is 6.87. The summed E-state index contributed by atoms with van der Waals surface area (Å²) in [5.74, 6) is 0.910. The summed E-state index contributed by atoms with van der Waals surface area (Å²) in [5.41, 5.74) is 10.8. The highest BCUT2D eigenvalue weighted by molar-refractivity contribution is 5.97. The maximum atomic E-state index is 10.6. The third-order valence-corrected chi connectivity index (χ3v) is 5.70. The van der Waals surface area contributed by atoms with Crippen LogP contribution in [-0.2, 0) is 13.0 Å². The van der Waals surface area contributed by atoms with Gasteiger partial charge < -0.3 is 10.8 Å². The average Bonchev–Trinajstić information content (AvgIpc) is 3.20. The molecule has 0 aliphatic carbocycles. The van der Waals surface area contributed by atoms with E-state index in [9.17, 15) is 5.11 Å². The van der Waals surface area contributed by atoms with Crippen molar-refractivity contribution in [3.8, 4) is 0 Å². The van der Waals surface area contributed by atoms with Crippen molar-refractivity contribution >= 4 is 5.84 Å². The van der Waals surface area contributed by atoms with E-state index in [1.54, 1.807) is 0 Å². The number of aliphatic hydroxyl groups excluding tert-OH is 1. The molecule has 2 aromatic carbocycles. The fraction of sp³-hybridized carbons (Fsp3) is 0.480. The zero-order valence-electron chi connectivity index (χ0n) is 18.0. The summed E-state index contributed by atoms with van der Waals surface area (Å²) in [7, 11) is 0. The van der Waals surface area contributed by atoms with Gasteiger partial charge in [0.05, 0.1) is 0 Å². The van der Waals surface area contributed by atoms with Gasteiger partial charge in [-0.2, -0.15) is 0 Å². The van der Waals surface area contributed by atoms with Crippen LogP contribution in [0.4, 0.5) is 0 Å². The first-order valence-corrected chi connectivity index (χ1v) is 10.8. The van der Waals surface area contributed by atoms with Crippen molar-refractivity contribution in [1.29, 1.82) is 0 Å². The molecule has 0 radical (unpaired) electrons. The Labute approximate surface area is 175 Å². The van der Waals surface area contributed by atoms with E-state index in [4.69, 9.17) is 5.73 Å². The predicted octanol–water partition coefficient (Wildman–Crippen LogP) is 4.31. The van der Waals surface area contributed by atoms with E-state index in [1.807, 2.05) is 19.1 Å². The quantitative estimate of drug-likeness (QED) is 0.519. The van der Waals surface area contributed by atoms with Gasteiger partial charge >= 0.3 is 0 Å². The lowest BCUT2D eigenvalue weighted by atomic mass is 9.96. The maximum Gasteiger partial charge on any atom is 0.154 e. The molecule has 2 aromatic rings. The van der Waals surface area contributed by atoms with Crippen LogP contribution < -0.4 is 5.73 Å². The third kappa shape index (κ3) is 6.15. The number of likely N-dealkylation sites (tertiary alicyclic amines) is 1. The van der Waals surface area contributed by atoms with E-state index in [2.05, 4.69) is 60.1 Å². The molecular weight excluding hydrogens is 358 g/mol. The van der Waals surface area contributed by atoms with Crippen molar-refractivity contribution in [3.63, 3.8) is 0 Å². The standard InChI is InChI=1S/C25H35N3O/c1-18(2)15-20-9-11-22(12-10-20)19(3)25(29)27-24(26)23-8-6-7-21(16-23)17-28-13-4-5-14-28/h6-12,16,18-19,25,29H,4-5,13-15,17H2,1-3H3,(H2,26,27). The average molecular weight is 394 g/mol. The van der Waals surface area contributed by atoms with E-state index in [-0.39, 0.29) is 5.92 Å². The fourth-order valence-electron chi connectivity index (χ4n) is 3.96. The number of benzene rings is 2. The van der Waals surface area contributed by atoms with Gasteiger partial charge in [-0.05, 0) is 61.0 Å². The van der Waals surface area contributed by atoms with Crippen LogP contribution >= 0.6 is 0 Å². The van der Waals surface area contributed by atoms with Crippen LogP contribution in [0.2, 0.25) is 0 Å². The lowest BCUT2D eigenvalue weighted by Gasteiger charge is -2.18. The molecule has 1 saturated heterocycles. The summed E-state index contributed by atoms with van der Waals surface area (Å²) in [6, 6.07) is 16.7.